The van der Waals surface area contributed by atoms with E-state index in [9.17, 15) is 4.39 Å². The number of anilines is 1. The van der Waals surface area contributed by atoms with E-state index in [1.54, 1.807) is 6.20 Å². The Labute approximate surface area is 96.6 Å². The van der Waals surface area contributed by atoms with E-state index in [4.69, 9.17) is 0 Å². The van der Waals surface area contributed by atoms with E-state index >= 15 is 0 Å². The lowest BCUT2D eigenvalue weighted by Crippen LogP contribution is -2.37. The molecular formula is C10H13BrFN3. The summed E-state index contributed by atoms with van der Waals surface area (Å²) in [5.74, 6) is 0.00176. The first-order valence-electron chi connectivity index (χ1n) is 4.89. The lowest BCUT2D eigenvalue weighted by Gasteiger charge is -2.25. The average molecular weight is 274 g/mol. The largest absolute Gasteiger partial charge is 0.361 e. The molecule has 1 saturated heterocycles. The molecule has 1 fully saturated rings. The van der Waals surface area contributed by atoms with Gasteiger partial charge in [-0.2, -0.15) is 0 Å². The summed E-state index contributed by atoms with van der Waals surface area (Å²) in [6.07, 6.45) is 2.57. The molecule has 1 unspecified atom stereocenters. The molecule has 0 aromatic carbocycles. The van der Waals surface area contributed by atoms with Crippen LogP contribution in [0.5, 0.6) is 0 Å². The fourth-order valence-electron chi connectivity index (χ4n) is 1.72. The number of nitrogens with zero attached hydrogens (tertiary/aromatic N) is 1. The molecule has 0 aliphatic carbocycles. The first-order chi connectivity index (χ1) is 7.09. The Bertz CT molecular complexity index is 364. The predicted molar refractivity (Wildman–Crippen MR) is 61.4 cm³/mol. The first-order valence-corrected chi connectivity index (χ1v) is 5.68. The van der Waals surface area contributed by atoms with Gasteiger partial charge in [0, 0.05) is 22.8 Å². The Balaban J connectivity index is 2.16. The van der Waals surface area contributed by atoms with Crippen LogP contribution in [0, 0.1) is 5.82 Å². The Morgan fingerprint density at radius 3 is 3.07 bits per heavy atom. The van der Waals surface area contributed by atoms with Crippen LogP contribution in [0.15, 0.2) is 16.7 Å². The van der Waals surface area contributed by atoms with Gasteiger partial charge in [-0.05, 0) is 41.9 Å². The highest BCUT2D eigenvalue weighted by molar-refractivity contribution is 9.10. The smallest absolute Gasteiger partial charge is 0.166 e. The van der Waals surface area contributed by atoms with Crippen molar-refractivity contribution in [3.8, 4) is 0 Å². The molecule has 0 radical (unpaired) electrons. The summed E-state index contributed by atoms with van der Waals surface area (Å²) in [6.45, 7) is 3.86. The van der Waals surface area contributed by atoms with Gasteiger partial charge in [0.05, 0.1) is 0 Å². The van der Waals surface area contributed by atoms with Gasteiger partial charge < -0.3 is 10.6 Å². The van der Waals surface area contributed by atoms with Crippen LogP contribution in [-0.2, 0) is 0 Å². The van der Waals surface area contributed by atoms with Crippen LogP contribution in [0.2, 0.25) is 0 Å². The quantitative estimate of drug-likeness (QED) is 0.867. The monoisotopic (exact) mass is 273 g/mol. The van der Waals surface area contributed by atoms with Crippen LogP contribution < -0.4 is 10.6 Å². The highest BCUT2D eigenvalue weighted by Crippen LogP contribution is 2.23. The molecule has 1 aliphatic heterocycles. The maximum absolute atomic E-state index is 13.5. The molecule has 0 spiro atoms. The predicted octanol–water partition coefficient (Wildman–Crippen LogP) is 2.15. The molecular weight excluding hydrogens is 261 g/mol. The summed E-state index contributed by atoms with van der Waals surface area (Å²) in [5.41, 5.74) is -0.0956. The highest BCUT2D eigenvalue weighted by atomic mass is 79.9. The lowest BCUT2D eigenvalue weighted by molar-refractivity contribution is 0.549. The van der Waals surface area contributed by atoms with Crippen LogP contribution in [-0.4, -0.2) is 23.6 Å². The lowest BCUT2D eigenvalue weighted by atomic mass is 10.0. The van der Waals surface area contributed by atoms with Crippen LogP contribution in [0.25, 0.3) is 0 Å². The summed E-state index contributed by atoms with van der Waals surface area (Å²) in [7, 11) is 0. The molecule has 2 N–H and O–H groups in total. The fraction of sp³-hybridized carbons (Fsp3) is 0.500. The molecule has 3 nitrogen and oxygen atoms in total. The normalized spacial score (nSPS) is 25.5. The van der Waals surface area contributed by atoms with Gasteiger partial charge in [0.25, 0.3) is 0 Å². The number of hydrogen-bond acceptors (Lipinski definition) is 3. The Morgan fingerprint density at radius 1 is 1.67 bits per heavy atom. The Kier molecular flexibility index (Phi) is 2.93. The fourth-order valence-corrected chi connectivity index (χ4v) is 2.02. The number of rotatable bonds is 2. The van der Waals surface area contributed by atoms with Crippen molar-refractivity contribution in [1.82, 2.24) is 10.3 Å². The van der Waals surface area contributed by atoms with E-state index < -0.39 is 0 Å². The average Bonchev–Trinajstić information content (AvgIpc) is 2.58. The third-order valence-corrected chi connectivity index (χ3v) is 3.03. The van der Waals surface area contributed by atoms with E-state index in [1.165, 1.54) is 6.07 Å². The minimum absolute atomic E-state index is 0.0956. The maximum Gasteiger partial charge on any atom is 0.166 e. The molecule has 2 heterocycles. The first kappa shape index (κ1) is 10.8. The summed E-state index contributed by atoms with van der Waals surface area (Å²) in [5, 5.41) is 6.39. The van der Waals surface area contributed by atoms with E-state index in [2.05, 4.69) is 38.5 Å². The van der Waals surface area contributed by atoms with Crippen LogP contribution >= 0.6 is 15.9 Å². The van der Waals surface area contributed by atoms with E-state index in [0.717, 1.165) is 19.5 Å². The minimum atomic E-state index is -0.322. The van der Waals surface area contributed by atoms with Gasteiger partial charge in [-0.25, -0.2) is 9.37 Å². The summed E-state index contributed by atoms with van der Waals surface area (Å²) < 4.78 is 14.2. The zero-order valence-corrected chi connectivity index (χ0v) is 10.1. The van der Waals surface area contributed by atoms with Crippen LogP contribution in [0.1, 0.15) is 13.3 Å². The number of halogens is 2. The van der Waals surface area contributed by atoms with Crippen molar-refractivity contribution in [3.63, 3.8) is 0 Å². The molecule has 1 aliphatic rings. The molecule has 82 valence electrons. The summed E-state index contributed by atoms with van der Waals surface area (Å²) >= 11 is 3.18. The van der Waals surface area contributed by atoms with Gasteiger partial charge in [0.1, 0.15) is 0 Å². The van der Waals surface area contributed by atoms with Crippen molar-refractivity contribution in [1.29, 1.82) is 0 Å². The number of aromatic nitrogens is 1. The third kappa shape index (κ3) is 2.46. The van der Waals surface area contributed by atoms with Gasteiger partial charge in [0.15, 0.2) is 11.6 Å². The van der Waals surface area contributed by atoms with Crippen molar-refractivity contribution >= 4 is 21.7 Å². The highest BCUT2D eigenvalue weighted by Gasteiger charge is 2.29. The zero-order valence-electron chi connectivity index (χ0n) is 8.48. The molecule has 1 aromatic rings. The van der Waals surface area contributed by atoms with Gasteiger partial charge in [-0.1, -0.05) is 0 Å². The second-order valence-electron chi connectivity index (χ2n) is 4.10. The van der Waals surface area contributed by atoms with Crippen molar-refractivity contribution in [2.24, 2.45) is 0 Å². The third-order valence-electron chi connectivity index (χ3n) is 2.60. The van der Waals surface area contributed by atoms with E-state index in [-0.39, 0.29) is 11.4 Å². The molecule has 2 rings (SSSR count). The van der Waals surface area contributed by atoms with Crippen molar-refractivity contribution in [2.75, 3.05) is 18.4 Å². The SMILES string of the molecule is CC1(Nc2ncc(Br)cc2F)CCNC1. The molecule has 1 atom stereocenters. The van der Waals surface area contributed by atoms with Crippen molar-refractivity contribution in [2.45, 2.75) is 18.9 Å². The molecule has 5 heteroatoms. The van der Waals surface area contributed by atoms with Crippen molar-refractivity contribution in [3.05, 3.63) is 22.6 Å². The van der Waals surface area contributed by atoms with Gasteiger partial charge >= 0.3 is 0 Å². The molecule has 0 saturated carbocycles. The second kappa shape index (κ2) is 4.06. The topological polar surface area (TPSA) is 37.0 Å². The molecule has 15 heavy (non-hydrogen) atoms. The Hall–Kier alpha value is -0.680. The zero-order chi connectivity index (χ0) is 10.9. The van der Waals surface area contributed by atoms with Crippen LogP contribution in [0.3, 0.4) is 0 Å². The van der Waals surface area contributed by atoms with Gasteiger partial charge in [-0.15, -0.1) is 0 Å². The number of hydrogen-bond donors (Lipinski definition) is 2. The summed E-state index contributed by atoms with van der Waals surface area (Å²) in [6, 6.07) is 1.42. The number of nitrogens with one attached hydrogen (secondary N) is 2. The second-order valence-corrected chi connectivity index (χ2v) is 5.01. The molecule has 0 amide bonds. The molecule has 1 aromatic heterocycles. The van der Waals surface area contributed by atoms with Crippen molar-refractivity contribution < 1.29 is 4.39 Å². The van der Waals surface area contributed by atoms with E-state index in [1.807, 2.05) is 0 Å². The van der Waals surface area contributed by atoms with E-state index in [0.29, 0.717) is 10.3 Å². The van der Waals surface area contributed by atoms with Crippen LogP contribution in [0.4, 0.5) is 10.2 Å². The standard InChI is InChI=1S/C10H13BrFN3/c1-10(2-3-13-6-10)15-9-8(12)4-7(11)5-14-9/h4-5,13H,2-3,6H2,1H3,(H,14,15). The summed E-state index contributed by atoms with van der Waals surface area (Å²) in [4.78, 5) is 4.03. The molecule has 0 bridgehead atoms. The minimum Gasteiger partial charge on any atom is -0.361 e. The Morgan fingerprint density at radius 2 is 2.47 bits per heavy atom. The van der Waals surface area contributed by atoms with Gasteiger partial charge in [-0.3, -0.25) is 0 Å². The maximum atomic E-state index is 13.5. The number of pyridine rings is 1. The van der Waals surface area contributed by atoms with Gasteiger partial charge in [0.2, 0.25) is 0 Å².